The molecule has 90 valence electrons. The summed E-state index contributed by atoms with van der Waals surface area (Å²) in [6.07, 6.45) is 4.24. The first-order valence-corrected chi connectivity index (χ1v) is 5.39. The van der Waals surface area contributed by atoms with Gasteiger partial charge in [0.1, 0.15) is 6.10 Å². The van der Waals surface area contributed by atoms with Gasteiger partial charge in [-0.15, -0.1) is 12.4 Å². The van der Waals surface area contributed by atoms with Gasteiger partial charge in [0.15, 0.2) is 0 Å². The first-order chi connectivity index (χ1) is 7.38. The van der Waals surface area contributed by atoms with E-state index in [0.29, 0.717) is 6.10 Å². The minimum absolute atomic E-state index is 0. The average Bonchev–Trinajstić information content (AvgIpc) is 2.31. The van der Waals surface area contributed by atoms with E-state index < -0.39 is 0 Å². The number of pyridine rings is 1. The molecule has 2 N–H and O–H groups in total. The summed E-state index contributed by atoms with van der Waals surface area (Å²) in [6, 6.07) is 3.89. The number of aromatic nitrogens is 1. The fourth-order valence-electron chi connectivity index (χ4n) is 1.68. The van der Waals surface area contributed by atoms with Crippen molar-refractivity contribution in [3.8, 4) is 5.88 Å². The topological polar surface area (TPSA) is 46.2 Å². The van der Waals surface area contributed by atoms with Crippen LogP contribution < -0.4 is 15.4 Å². The zero-order chi connectivity index (χ0) is 10.5. The second-order valence-corrected chi connectivity index (χ2v) is 3.70. The lowest BCUT2D eigenvalue weighted by Gasteiger charge is -2.23. The van der Waals surface area contributed by atoms with Crippen LogP contribution >= 0.6 is 12.4 Å². The third-order valence-corrected chi connectivity index (χ3v) is 2.60. The predicted molar refractivity (Wildman–Crippen MR) is 67.6 cm³/mol. The van der Waals surface area contributed by atoms with E-state index in [4.69, 9.17) is 4.74 Å². The molecule has 0 aliphatic carbocycles. The molecule has 1 saturated heterocycles. The maximum Gasteiger partial charge on any atom is 0.213 e. The molecule has 1 aromatic heterocycles. The zero-order valence-electron chi connectivity index (χ0n) is 9.40. The van der Waals surface area contributed by atoms with Gasteiger partial charge in [-0.05, 0) is 32.0 Å². The maximum absolute atomic E-state index is 5.78. The zero-order valence-corrected chi connectivity index (χ0v) is 10.2. The molecule has 1 aliphatic rings. The second kappa shape index (κ2) is 6.55. The summed E-state index contributed by atoms with van der Waals surface area (Å²) >= 11 is 0. The van der Waals surface area contributed by atoms with Gasteiger partial charge < -0.3 is 15.4 Å². The number of piperidine rings is 1. The molecule has 0 atom stereocenters. The van der Waals surface area contributed by atoms with Gasteiger partial charge in [-0.1, -0.05) is 0 Å². The number of halogens is 1. The molecule has 2 rings (SSSR count). The Morgan fingerprint density at radius 1 is 1.38 bits per heavy atom. The number of nitrogens with zero attached hydrogens (tertiary/aromatic N) is 1. The lowest BCUT2D eigenvalue weighted by molar-refractivity contribution is 0.156. The van der Waals surface area contributed by atoms with Gasteiger partial charge in [0.05, 0.1) is 11.9 Å². The molecule has 4 nitrogen and oxygen atoms in total. The van der Waals surface area contributed by atoms with E-state index >= 15 is 0 Å². The van der Waals surface area contributed by atoms with Crippen molar-refractivity contribution in [1.82, 2.24) is 10.3 Å². The van der Waals surface area contributed by atoms with Crippen molar-refractivity contribution >= 4 is 18.1 Å². The molecular formula is C11H18ClN3O. The predicted octanol–water partition coefficient (Wildman–Crippen LogP) is 1.68. The number of nitrogens with one attached hydrogen (secondary N) is 2. The van der Waals surface area contributed by atoms with E-state index in [1.807, 2.05) is 19.2 Å². The van der Waals surface area contributed by atoms with Crippen molar-refractivity contribution in [2.24, 2.45) is 0 Å². The van der Waals surface area contributed by atoms with Gasteiger partial charge in [0.2, 0.25) is 5.88 Å². The number of hydrogen-bond donors (Lipinski definition) is 2. The van der Waals surface area contributed by atoms with Crippen LogP contribution in [0.1, 0.15) is 12.8 Å². The fraction of sp³-hybridized carbons (Fsp3) is 0.545. The van der Waals surface area contributed by atoms with Crippen molar-refractivity contribution in [3.63, 3.8) is 0 Å². The van der Waals surface area contributed by atoms with Gasteiger partial charge >= 0.3 is 0 Å². The summed E-state index contributed by atoms with van der Waals surface area (Å²) in [7, 11) is 1.88. The minimum atomic E-state index is 0. The number of hydrogen-bond acceptors (Lipinski definition) is 4. The van der Waals surface area contributed by atoms with Gasteiger partial charge in [-0.25, -0.2) is 4.98 Å². The Labute approximate surface area is 102 Å². The second-order valence-electron chi connectivity index (χ2n) is 3.70. The van der Waals surface area contributed by atoms with Gasteiger partial charge in [-0.3, -0.25) is 0 Å². The lowest BCUT2D eigenvalue weighted by Crippen LogP contribution is -2.34. The SMILES string of the molecule is CNc1ccc(OC2CCNCC2)nc1.Cl. The largest absolute Gasteiger partial charge is 0.474 e. The maximum atomic E-state index is 5.78. The van der Waals surface area contributed by atoms with E-state index in [1.165, 1.54) is 0 Å². The van der Waals surface area contributed by atoms with Crippen molar-refractivity contribution in [2.45, 2.75) is 18.9 Å². The lowest BCUT2D eigenvalue weighted by atomic mass is 10.1. The van der Waals surface area contributed by atoms with E-state index in [9.17, 15) is 0 Å². The Bertz CT molecular complexity index is 299. The standard InChI is InChI=1S/C11H17N3O.ClH/c1-12-9-2-3-11(14-8-9)15-10-4-6-13-7-5-10;/h2-3,8,10,12-13H,4-7H2,1H3;1H. The van der Waals surface area contributed by atoms with Crippen molar-refractivity contribution in [2.75, 3.05) is 25.5 Å². The normalized spacial score (nSPS) is 16.3. The van der Waals surface area contributed by atoms with Crippen LogP contribution in [0.25, 0.3) is 0 Å². The Morgan fingerprint density at radius 2 is 2.12 bits per heavy atom. The minimum Gasteiger partial charge on any atom is -0.474 e. The third-order valence-electron chi connectivity index (χ3n) is 2.60. The highest BCUT2D eigenvalue weighted by atomic mass is 35.5. The molecule has 1 fully saturated rings. The van der Waals surface area contributed by atoms with Crippen LogP contribution in [0, 0.1) is 0 Å². The molecular weight excluding hydrogens is 226 g/mol. The van der Waals surface area contributed by atoms with Gasteiger partial charge in [0, 0.05) is 13.1 Å². The monoisotopic (exact) mass is 243 g/mol. The van der Waals surface area contributed by atoms with Crippen LogP contribution in [0.15, 0.2) is 18.3 Å². The third kappa shape index (κ3) is 3.54. The molecule has 5 heteroatoms. The van der Waals surface area contributed by atoms with E-state index in [1.54, 1.807) is 6.20 Å². The Balaban J connectivity index is 0.00000128. The summed E-state index contributed by atoms with van der Waals surface area (Å²) in [5.74, 6) is 0.723. The quantitative estimate of drug-likeness (QED) is 0.848. The molecule has 0 spiro atoms. The molecule has 16 heavy (non-hydrogen) atoms. The van der Waals surface area contributed by atoms with Crippen molar-refractivity contribution in [1.29, 1.82) is 0 Å². The number of rotatable bonds is 3. The number of anilines is 1. The smallest absolute Gasteiger partial charge is 0.213 e. The summed E-state index contributed by atoms with van der Waals surface area (Å²) in [6.45, 7) is 2.08. The molecule has 0 radical (unpaired) electrons. The highest BCUT2D eigenvalue weighted by Gasteiger charge is 2.14. The highest BCUT2D eigenvalue weighted by Crippen LogP contribution is 2.15. The van der Waals surface area contributed by atoms with E-state index in [-0.39, 0.29) is 12.4 Å². The first kappa shape index (κ1) is 13.1. The molecule has 2 heterocycles. The van der Waals surface area contributed by atoms with Crippen molar-refractivity contribution in [3.05, 3.63) is 18.3 Å². The molecule has 0 unspecified atom stereocenters. The van der Waals surface area contributed by atoms with Crippen LogP contribution in [0.2, 0.25) is 0 Å². The van der Waals surface area contributed by atoms with E-state index in [2.05, 4.69) is 15.6 Å². The van der Waals surface area contributed by atoms with Crippen molar-refractivity contribution < 1.29 is 4.74 Å². The summed E-state index contributed by atoms with van der Waals surface area (Å²) in [4.78, 5) is 4.24. The average molecular weight is 244 g/mol. The molecule has 1 aromatic rings. The summed E-state index contributed by atoms with van der Waals surface area (Å²) in [5.41, 5.74) is 1.01. The van der Waals surface area contributed by atoms with Crippen LogP contribution in [0.3, 0.4) is 0 Å². The Morgan fingerprint density at radius 3 is 2.69 bits per heavy atom. The molecule has 0 saturated carbocycles. The highest BCUT2D eigenvalue weighted by molar-refractivity contribution is 5.85. The van der Waals surface area contributed by atoms with Crippen LogP contribution in [0.5, 0.6) is 5.88 Å². The fourth-order valence-corrected chi connectivity index (χ4v) is 1.68. The van der Waals surface area contributed by atoms with Gasteiger partial charge in [0.25, 0.3) is 0 Å². The Kier molecular flexibility index (Phi) is 5.35. The first-order valence-electron chi connectivity index (χ1n) is 5.39. The Hall–Kier alpha value is -1.00. The summed E-state index contributed by atoms with van der Waals surface area (Å²) in [5, 5.41) is 6.34. The molecule has 0 amide bonds. The summed E-state index contributed by atoms with van der Waals surface area (Å²) < 4.78 is 5.78. The molecule has 0 bridgehead atoms. The number of ether oxygens (including phenoxy) is 1. The van der Waals surface area contributed by atoms with Gasteiger partial charge in [-0.2, -0.15) is 0 Å². The van der Waals surface area contributed by atoms with Crippen LogP contribution in [-0.2, 0) is 0 Å². The van der Waals surface area contributed by atoms with Crippen LogP contribution in [-0.4, -0.2) is 31.2 Å². The van der Waals surface area contributed by atoms with Crippen LogP contribution in [0.4, 0.5) is 5.69 Å². The van der Waals surface area contributed by atoms with E-state index in [0.717, 1.165) is 37.5 Å². The molecule has 0 aromatic carbocycles. The molecule has 1 aliphatic heterocycles.